The van der Waals surface area contributed by atoms with Crippen LogP contribution in [-0.2, 0) is 32.0 Å². The Morgan fingerprint density at radius 1 is 1.07 bits per heavy atom. The van der Waals surface area contributed by atoms with Crippen LogP contribution in [-0.4, -0.2) is 107 Å². The quantitative estimate of drug-likeness (QED) is 0.300. The Morgan fingerprint density at radius 3 is 2.55 bits per heavy atom. The molecule has 12 nitrogen and oxygen atoms in total. The van der Waals surface area contributed by atoms with E-state index in [1.165, 1.54) is 6.26 Å². The van der Waals surface area contributed by atoms with Gasteiger partial charge in [0, 0.05) is 52.5 Å². The molecule has 6 rings (SSSR count). The molecular weight excluding hydrogens is 556 g/mol. The number of sulfone groups is 1. The Kier molecular flexibility index (Phi) is 7.71. The second kappa shape index (κ2) is 11.2. The van der Waals surface area contributed by atoms with Crippen LogP contribution in [0.2, 0.25) is 0 Å². The minimum absolute atomic E-state index is 0.113. The minimum Gasteiger partial charge on any atom is -0.378 e. The summed E-state index contributed by atoms with van der Waals surface area (Å²) < 4.78 is 39.8. The maximum Gasteiger partial charge on any atom is 0.239 e. The van der Waals surface area contributed by atoms with Crippen molar-refractivity contribution in [2.75, 3.05) is 70.0 Å². The number of ether oxygens (including phenoxy) is 2. The first-order valence-electron chi connectivity index (χ1n) is 14.6. The maximum absolute atomic E-state index is 11.9. The van der Waals surface area contributed by atoms with Gasteiger partial charge in [0.25, 0.3) is 0 Å². The number of hydrogen-bond donors (Lipinski definition) is 0. The summed E-state index contributed by atoms with van der Waals surface area (Å²) >= 11 is 0. The number of para-hydroxylation sites is 2. The summed E-state index contributed by atoms with van der Waals surface area (Å²) in [6.45, 7) is 8.72. The van der Waals surface area contributed by atoms with E-state index in [-0.39, 0.29) is 11.7 Å². The fourth-order valence-corrected chi connectivity index (χ4v) is 6.80. The van der Waals surface area contributed by atoms with E-state index in [1.807, 2.05) is 29.8 Å². The van der Waals surface area contributed by atoms with Crippen LogP contribution < -0.4 is 4.90 Å². The van der Waals surface area contributed by atoms with Crippen molar-refractivity contribution in [3.63, 3.8) is 0 Å². The van der Waals surface area contributed by atoms with Crippen LogP contribution in [0, 0.1) is 0 Å². The zero-order valence-electron chi connectivity index (χ0n) is 25.1. The molecule has 0 N–H and O–H groups in total. The van der Waals surface area contributed by atoms with Gasteiger partial charge in [-0.2, -0.15) is 9.97 Å². The third-order valence-corrected chi connectivity index (χ3v) is 9.34. The number of aryl methyl sites for hydroxylation is 1. The lowest BCUT2D eigenvalue weighted by atomic mass is 9.91. The van der Waals surface area contributed by atoms with E-state index in [0.717, 1.165) is 53.4 Å². The van der Waals surface area contributed by atoms with Crippen LogP contribution in [0.1, 0.15) is 44.3 Å². The number of aromatic nitrogens is 6. The maximum atomic E-state index is 11.9. The van der Waals surface area contributed by atoms with E-state index in [4.69, 9.17) is 29.4 Å². The number of morpholine rings is 1. The molecule has 5 heterocycles. The number of nitrogens with zero attached hydrogens (tertiary/aromatic N) is 8. The summed E-state index contributed by atoms with van der Waals surface area (Å²) in [5, 5.41) is 0. The number of likely N-dealkylation sites (tertiary alicyclic amines) is 1. The molecule has 0 bridgehead atoms. The molecule has 0 aliphatic carbocycles. The lowest BCUT2D eigenvalue weighted by Crippen LogP contribution is -2.49. The molecule has 13 heteroatoms. The molecule has 0 radical (unpaired) electrons. The molecule has 226 valence electrons. The topological polar surface area (TPSA) is 120 Å². The van der Waals surface area contributed by atoms with Crippen molar-refractivity contribution in [3.05, 3.63) is 35.9 Å². The molecule has 0 spiro atoms. The zero-order valence-corrected chi connectivity index (χ0v) is 25.9. The second-order valence-electron chi connectivity index (χ2n) is 11.8. The Balaban J connectivity index is 1.52. The van der Waals surface area contributed by atoms with Crippen LogP contribution in [0.15, 0.2) is 24.3 Å². The Labute approximate surface area is 246 Å². The Morgan fingerprint density at radius 2 is 1.83 bits per heavy atom. The first-order chi connectivity index (χ1) is 20.1. The number of piperidine rings is 1. The molecule has 4 aromatic rings. The summed E-state index contributed by atoms with van der Waals surface area (Å²) in [6.07, 6.45) is 2.92. The predicted molar refractivity (Wildman–Crippen MR) is 162 cm³/mol. The van der Waals surface area contributed by atoms with E-state index in [1.54, 1.807) is 7.11 Å². The van der Waals surface area contributed by atoms with E-state index in [9.17, 15) is 8.42 Å². The van der Waals surface area contributed by atoms with Gasteiger partial charge in [0.15, 0.2) is 17.0 Å². The smallest absolute Gasteiger partial charge is 0.239 e. The number of methoxy groups -OCH3 is 1. The third kappa shape index (κ3) is 5.27. The average molecular weight is 597 g/mol. The largest absolute Gasteiger partial charge is 0.378 e. The van der Waals surface area contributed by atoms with Gasteiger partial charge in [-0.05, 0) is 31.5 Å². The van der Waals surface area contributed by atoms with Gasteiger partial charge in [0.05, 0.1) is 30.0 Å². The van der Waals surface area contributed by atoms with Crippen LogP contribution in [0.3, 0.4) is 0 Å². The fraction of sp³-hybridized carbons (Fsp3) is 0.586. The van der Waals surface area contributed by atoms with Gasteiger partial charge in [-0.3, -0.25) is 9.47 Å². The summed E-state index contributed by atoms with van der Waals surface area (Å²) in [5.41, 5.74) is 2.58. The molecule has 1 unspecified atom stereocenters. The van der Waals surface area contributed by atoms with E-state index >= 15 is 0 Å². The van der Waals surface area contributed by atoms with Crippen LogP contribution in [0.25, 0.3) is 28.1 Å². The van der Waals surface area contributed by atoms with Crippen molar-refractivity contribution in [2.24, 2.45) is 7.05 Å². The molecule has 42 heavy (non-hydrogen) atoms. The molecule has 2 aliphatic heterocycles. The van der Waals surface area contributed by atoms with Crippen molar-refractivity contribution in [2.45, 2.75) is 38.2 Å². The highest BCUT2D eigenvalue weighted by Crippen LogP contribution is 2.37. The molecular formula is C29H40N8O4S. The van der Waals surface area contributed by atoms with Crippen molar-refractivity contribution in [3.8, 4) is 5.95 Å². The molecule has 2 fully saturated rings. The Bertz CT molecular complexity index is 1710. The standard InChI is InChI=1S/C29H40N8O4S/c1-20(2)24-30-21-9-6-7-10-22(21)37(24)28-32-25-23(26(33-28)36-13-16-41-17-14-36)31-27(34(25)3)29(40-4)11-8-12-35(19-29)15-18-42(5,38)39/h6-7,9-10,20H,8,11-19H2,1-5H3. The second-order valence-corrected chi connectivity index (χ2v) is 14.0. The normalized spacial score (nSPS) is 20.8. The molecule has 0 amide bonds. The minimum atomic E-state index is -3.08. The molecule has 0 saturated carbocycles. The highest BCUT2D eigenvalue weighted by Gasteiger charge is 2.42. The van der Waals surface area contributed by atoms with Gasteiger partial charge in [0.2, 0.25) is 5.95 Å². The van der Waals surface area contributed by atoms with Crippen LogP contribution >= 0.6 is 0 Å². The van der Waals surface area contributed by atoms with Crippen molar-refractivity contribution >= 4 is 37.9 Å². The number of imidazole rings is 2. The SMILES string of the molecule is COC1(c2nc3c(N4CCOCC4)nc(-n4c(C(C)C)nc5ccccc54)nc3n2C)CCCN(CCS(C)(=O)=O)C1. The van der Waals surface area contributed by atoms with Gasteiger partial charge in [-0.15, -0.1) is 0 Å². The first kappa shape index (κ1) is 29.0. The molecule has 3 aromatic heterocycles. The Hall–Kier alpha value is -3.13. The highest BCUT2D eigenvalue weighted by molar-refractivity contribution is 7.90. The van der Waals surface area contributed by atoms with Gasteiger partial charge in [-0.25, -0.2) is 18.4 Å². The van der Waals surface area contributed by atoms with Gasteiger partial charge < -0.3 is 18.9 Å². The van der Waals surface area contributed by atoms with Crippen molar-refractivity contribution in [1.82, 2.24) is 34.0 Å². The third-order valence-electron chi connectivity index (χ3n) is 8.41. The summed E-state index contributed by atoms with van der Waals surface area (Å²) in [5.74, 6) is 3.26. The van der Waals surface area contributed by atoms with Crippen molar-refractivity contribution in [1.29, 1.82) is 0 Å². The molecule has 2 saturated heterocycles. The summed E-state index contributed by atoms with van der Waals surface area (Å²) in [6, 6.07) is 8.07. The lowest BCUT2D eigenvalue weighted by Gasteiger charge is -2.41. The average Bonchev–Trinajstić information content (AvgIpc) is 3.54. The number of anilines is 1. The van der Waals surface area contributed by atoms with E-state index in [2.05, 4.69) is 34.3 Å². The number of hydrogen-bond acceptors (Lipinski definition) is 10. The van der Waals surface area contributed by atoms with Crippen LogP contribution in [0.4, 0.5) is 5.82 Å². The summed E-state index contributed by atoms with van der Waals surface area (Å²) in [4.78, 5) is 24.8. The van der Waals surface area contributed by atoms with Crippen LogP contribution in [0.5, 0.6) is 0 Å². The van der Waals surface area contributed by atoms with Crippen molar-refractivity contribution < 1.29 is 17.9 Å². The fourth-order valence-electron chi connectivity index (χ4n) is 6.21. The van der Waals surface area contributed by atoms with E-state index < -0.39 is 15.4 Å². The molecule has 1 atom stereocenters. The molecule has 1 aromatic carbocycles. The van der Waals surface area contributed by atoms with Gasteiger partial charge >= 0.3 is 0 Å². The number of fused-ring (bicyclic) bond motifs is 2. The highest BCUT2D eigenvalue weighted by atomic mass is 32.2. The monoisotopic (exact) mass is 596 g/mol. The number of rotatable bonds is 8. The predicted octanol–water partition coefficient (Wildman–Crippen LogP) is 2.64. The lowest BCUT2D eigenvalue weighted by molar-refractivity contribution is -0.0762. The summed E-state index contributed by atoms with van der Waals surface area (Å²) in [7, 11) is 0.621. The molecule has 2 aliphatic rings. The zero-order chi connectivity index (χ0) is 29.6. The van der Waals surface area contributed by atoms with Gasteiger partial charge in [-0.1, -0.05) is 26.0 Å². The number of benzene rings is 1. The van der Waals surface area contributed by atoms with E-state index in [0.29, 0.717) is 51.0 Å². The first-order valence-corrected chi connectivity index (χ1v) is 16.7. The van der Waals surface area contributed by atoms with Gasteiger partial charge in [0.1, 0.15) is 27.1 Å².